The van der Waals surface area contributed by atoms with Crippen LogP contribution in [0.15, 0.2) is 0 Å². The fourth-order valence-electron chi connectivity index (χ4n) is 2.66. The first-order chi connectivity index (χ1) is 7.29. The van der Waals surface area contributed by atoms with E-state index in [1.807, 2.05) is 7.11 Å². The highest BCUT2D eigenvalue weighted by atomic mass is 16.5. The number of rotatable bonds is 7. The van der Waals surface area contributed by atoms with Crippen molar-refractivity contribution in [2.75, 3.05) is 13.7 Å². The van der Waals surface area contributed by atoms with Crippen LogP contribution in [-0.2, 0) is 4.74 Å². The number of ether oxygens (including phenoxy) is 1. The summed E-state index contributed by atoms with van der Waals surface area (Å²) in [6, 6.07) is 1.29. The molecule has 2 aliphatic carbocycles. The highest BCUT2D eigenvalue weighted by Gasteiger charge is 2.32. The van der Waals surface area contributed by atoms with Crippen LogP contribution in [0.1, 0.15) is 45.4 Å². The zero-order chi connectivity index (χ0) is 10.7. The average molecular weight is 211 g/mol. The Morgan fingerprint density at radius 1 is 1.27 bits per heavy atom. The molecule has 0 heterocycles. The lowest BCUT2D eigenvalue weighted by Gasteiger charge is -2.30. The lowest BCUT2D eigenvalue weighted by Crippen LogP contribution is -2.42. The topological polar surface area (TPSA) is 21.3 Å². The third-order valence-electron chi connectivity index (χ3n) is 3.95. The summed E-state index contributed by atoms with van der Waals surface area (Å²) in [4.78, 5) is 0. The van der Waals surface area contributed by atoms with Gasteiger partial charge in [0.15, 0.2) is 0 Å². The second-order valence-electron chi connectivity index (χ2n) is 5.50. The van der Waals surface area contributed by atoms with Crippen LogP contribution in [0.3, 0.4) is 0 Å². The summed E-state index contributed by atoms with van der Waals surface area (Å²) in [6.45, 7) is 3.23. The van der Waals surface area contributed by atoms with Gasteiger partial charge in [0.25, 0.3) is 0 Å². The maximum Gasteiger partial charge on any atom is 0.0618 e. The van der Waals surface area contributed by atoms with Crippen LogP contribution in [0, 0.1) is 11.8 Å². The van der Waals surface area contributed by atoms with E-state index in [1.54, 1.807) is 0 Å². The quantitative estimate of drug-likeness (QED) is 0.699. The van der Waals surface area contributed by atoms with Crippen LogP contribution in [0.4, 0.5) is 0 Å². The molecule has 2 rings (SSSR count). The predicted octanol–water partition coefficient (Wildman–Crippen LogP) is 2.58. The third kappa shape index (κ3) is 3.46. The van der Waals surface area contributed by atoms with Gasteiger partial charge in [0.05, 0.1) is 6.61 Å². The summed E-state index contributed by atoms with van der Waals surface area (Å²) < 4.78 is 5.29. The number of methoxy groups -OCH3 is 1. The summed E-state index contributed by atoms with van der Waals surface area (Å²) in [5, 5.41) is 3.75. The molecule has 2 unspecified atom stereocenters. The largest absolute Gasteiger partial charge is 0.383 e. The fourth-order valence-corrected chi connectivity index (χ4v) is 2.66. The molecule has 0 radical (unpaired) electrons. The van der Waals surface area contributed by atoms with Gasteiger partial charge in [-0.3, -0.25) is 0 Å². The molecule has 0 bridgehead atoms. The van der Waals surface area contributed by atoms with E-state index in [1.165, 1.54) is 38.5 Å². The Balaban J connectivity index is 1.67. The number of hydrogen-bond acceptors (Lipinski definition) is 2. The van der Waals surface area contributed by atoms with Crippen LogP contribution < -0.4 is 5.32 Å². The van der Waals surface area contributed by atoms with Crippen LogP contribution >= 0.6 is 0 Å². The number of hydrogen-bond donors (Lipinski definition) is 1. The molecule has 88 valence electrons. The minimum atomic E-state index is 0.616. The molecule has 0 amide bonds. The molecule has 2 heteroatoms. The summed E-state index contributed by atoms with van der Waals surface area (Å²) in [5.74, 6) is 1.91. The second kappa shape index (κ2) is 5.31. The van der Waals surface area contributed by atoms with Crippen molar-refractivity contribution in [2.45, 2.75) is 57.5 Å². The smallest absolute Gasteiger partial charge is 0.0618 e. The molecule has 15 heavy (non-hydrogen) atoms. The van der Waals surface area contributed by atoms with E-state index in [-0.39, 0.29) is 0 Å². The molecular weight excluding hydrogens is 186 g/mol. The lowest BCUT2D eigenvalue weighted by molar-refractivity contribution is 0.146. The molecule has 0 aromatic carbocycles. The molecule has 0 saturated heterocycles. The zero-order valence-corrected chi connectivity index (χ0v) is 10.2. The Kier molecular flexibility index (Phi) is 4.04. The Bertz CT molecular complexity index is 187. The van der Waals surface area contributed by atoms with E-state index in [0.717, 1.165) is 18.4 Å². The van der Waals surface area contributed by atoms with Gasteiger partial charge in [-0.05, 0) is 38.0 Å². The summed E-state index contributed by atoms with van der Waals surface area (Å²) in [5.41, 5.74) is 0. The molecule has 2 fully saturated rings. The van der Waals surface area contributed by atoms with Gasteiger partial charge in [0, 0.05) is 19.2 Å². The number of nitrogens with one attached hydrogen (secondary N) is 1. The van der Waals surface area contributed by atoms with Crippen molar-refractivity contribution >= 4 is 0 Å². The monoisotopic (exact) mass is 211 g/mol. The van der Waals surface area contributed by atoms with Crippen molar-refractivity contribution in [1.29, 1.82) is 0 Å². The molecule has 2 aliphatic rings. The van der Waals surface area contributed by atoms with E-state index >= 15 is 0 Å². The van der Waals surface area contributed by atoms with Gasteiger partial charge in [-0.25, -0.2) is 0 Å². The highest BCUT2D eigenvalue weighted by Crippen LogP contribution is 2.34. The average Bonchev–Trinajstić information content (AvgIpc) is 2.94. The molecular formula is C13H25NO. The van der Waals surface area contributed by atoms with Crippen molar-refractivity contribution in [3.05, 3.63) is 0 Å². The summed E-state index contributed by atoms with van der Waals surface area (Å²) in [7, 11) is 1.81. The lowest BCUT2D eigenvalue weighted by atomic mass is 9.81. The molecule has 1 N–H and O–H groups in total. The first kappa shape index (κ1) is 11.4. The molecule has 0 aromatic rings. The molecule has 2 nitrogen and oxygen atoms in total. The van der Waals surface area contributed by atoms with Crippen LogP contribution in [0.5, 0.6) is 0 Å². The van der Waals surface area contributed by atoms with Crippen molar-refractivity contribution in [3.63, 3.8) is 0 Å². The zero-order valence-electron chi connectivity index (χ0n) is 10.2. The SMILES string of the molecule is COCC(NC(C)CC1CCC1)C1CC1. The minimum absolute atomic E-state index is 0.616. The van der Waals surface area contributed by atoms with Gasteiger partial charge in [-0.1, -0.05) is 19.3 Å². The maximum absolute atomic E-state index is 5.29. The van der Waals surface area contributed by atoms with Gasteiger partial charge in [0.2, 0.25) is 0 Å². The van der Waals surface area contributed by atoms with Crippen molar-refractivity contribution < 1.29 is 4.74 Å². The van der Waals surface area contributed by atoms with Gasteiger partial charge in [-0.15, -0.1) is 0 Å². The summed E-state index contributed by atoms with van der Waals surface area (Å²) in [6.07, 6.45) is 8.55. The standard InChI is InChI=1S/C13H25NO/c1-10(8-11-4-3-5-11)14-13(9-15-2)12-6-7-12/h10-14H,3-9H2,1-2H3. The third-order valence-corrected chi connectivity index (χ3v) is 3.95. The Hall–Kier alpha value is -0.0800. The second-order valence-corrected chi connectivity index (χ2v) is 5.50. The van der Waals surface area contributed by atoms with Crippen LogP contribution in [0.25, 0.3) is 0 Å². The van der Waals surface area contributed by atoms with Gasteiger partial charge in [0.1, 0.15) is 0 Å². The van der Waals surface area contributed by atoms with E-state index in [2.05, 4.69) is 12.2 Å². The van der Waals surface area contributed by atoms with Crippen molar-refractivity contribution in [2.24, 2.45) is 11.8 Å². The fraction of sp³-hybridized carbons (Fsp3) is 1.00. The normalized spacial score (nSPS) is 26.0. The Morgan fingerprint density at radius 3 is 2.47 bits per heavy atom. The predicted molar refractivity (Wildman–Crippen MR) is 62.9 cm³/mol. The van der Waals surface area contributed by atoms with Gasteiger partial charge >= 0.3 is 0 Å². The van der Waals surface area contributed by atoms with E-state index in [4.69, 9.17) is 4.74 Å². The Labute approximate surface area is 93.8 Å². The Morgan fingerprint density at radius 2 is 2.00 bits per heavy atom. The summed E-state index contributed by atoms with van der Waals surface area (Å²) >= 11 is 0. The minimum Gasteiger partial charge on any atom is -0.383 e. The van der Waals surface area contributed by atoms with Crippen molar-refractivity contribution in [1.82, 2.24) is 5.32 Å². The van der Waals surface area contributed by atoms with Crippen LogP contribution in [-0.4, -0.2) is 25.8 Å². The maximum atomic E-state index is 5.29. The van der Waals surface area contributed by atoms with Crippen LogP contribution in [0.2, 0.25) is 0 Å². The van der Waals surface area contributed by atoms with E-state index in [0.29, 0.717) is 12.1 Å². The van der Waals surface area contributed by atoms with Gasteiger partial charge in [-0.2, -0.15) is 0 Å². The highest BCUT2D eigenvalue weighted by molar-refractivity contribution is 4.88. The first-order valence-corrected chi connectivity index (χ1v) is 6.54. The van der Waals surface area contributed by atoms with Gasteiger partial charge < -0.3 is 10.1 Å². The first-order valence-electron chi connectivity index (χ1n) is 6.54. The van der Waals surface area contributed by atoms with E-state index < -0.39 is 0 Å². The van der Waals surface area contributed by atoms with E-state index in [9.17, 15) is 0 Å². The molecule has 2 saturated carbocycles. The molecule has 2 atom stereocenters. The van der Waals surface area contributed by atoms with Crippen molar-refractivity contribution in [3.8, 4) is 0 Å². The molecule has 0 aromatic heterocycles. The molecule has 0 aliphatic heterocycles. The molecule has 0 spiro atoms.